The van der Waals surface area contributed by atoms with Crippen molar-refractivity contribution in [2.45, 2.75) is 58.6 Å². The van der Waals surface area contributed by atoms with Gasteiger partial charge in [0.25, 0.3) is 0 Å². The highest BCUT2D eigenvalue weighted by Gasteiger charge is 2.09. The van der Waals surface area contributed by atoms with Gasteiger partial charge in [-0.1, -0.05) is 37.3 Å². The van der Waals surface area contributed by atoms with Gasteiger partial charge in [0.05, 0.1) is 6.10 Å². The first-order valence-corrected chi connectivity index (χ1v) is 9.26. The van der Waals surface area contributed by atoms with Crippen molar-refractivity contribution in [1.82, 2.24) is 5.32 Å². The lowest BCUT2D eigenvalue weighted by Crippen LogP contribution is -2.23. The van der Waals surface area contributed by atoms with Gasteiger partial charge in [0, 0.05) is 18.5 Å². The number of hydrogen-bond acceptors (Lipinski definition) is 3. The fourth-order valence-corrected chi connectivity index (χ4v) is 2.84. The molecule has 1 unspecified atom stereocenters. The topological polar surface area (TPSA) is 58.6 Å². The number of rotatable bonds is 9. The Morgan fingerprint density at radius 3 is 2.46 bits per heavy atom. The van der Waals surface area contributed by atoms with Crippen molar-refractivity contribution in [1.29, 1.82) is 0 Å². The lowest BCUT2D eigenvalue weighted by atomic mass is 9.95. The van der Waals surface area contributed by atoms with Crippen molar-refractivity contribution in [2.24, 2.45) is 0 Å². The molecule has 2 N–H and O–H groups in total. The average molecular weight is 355 g/mol. The Kier molecular flexibility index (Phi) is 7.52. The third kappa shape index (κ3) is 6.43. The molecule has 0 aliphatic carbocycles. The zero-order chi connectivity index (χ0) is 18.9. The second-order valence-corrected chi connectivity index (χ2v) is 6.94. The lowest BCUT2D eigenvalue weighted by molar-refractivity contribution is -0.121. The van der Waals surface area contributed by atoms with Crippen molar-refractivity contribution in [3.63, 3.8) is 0 Å². The van der Waals surface area contributed by atoms with Gasteiger partial charge in [0.1, 0.15) is 11.5 Å². The molecular formula is C22H29NO3. The van der Waals surface area contributed by atoms with Crippen LogP contribution in [-0.2, 0) is 11.3 Å². The number of aromatic hydroxyl groups is 1. The third-order valence-electron chi connectivity index (χ3n) is 4.31. The highest BCUT2D eigenvalue weighted by Crippen LogP contribution is 2.23. The van der Waals surface area contributed by atoms with E-state index in [1.807, 2.05) is 50.2 Å². The summed E-state index contributed by atoms with van der Waals surface area (Å²) in [7, 11) is 0. The van der Waals surface area contributed by atoms with Crippen LogP contribution in [0.4, 0.5) is 0 Å². The van der Waals surface area contributed by atoms with Crippen molar-refractivity contribution in [3.8, 4) is 11.5 Å². The molecule has 2 aromatic rings. The Morgan fingerprint density at radius 1 is 1.08 bits per heavy atom. The summed E-state index contributed by atoms with van der Waals surface area (Å²) in [6.07, 6.45) is 2.38. The van der Waals surface area contributed by atoms with Crippen LogP contribution in [0.2, 0.25) is 0 Å². The summed E-state index contributed by atoms with van der Waals surface area (Å²) >= 11 is 0. The number of hydrogen-bond donors (Lipinski definition) is 2. The van der Waals surface area contributed by atoms with Gasteiger partial charge in [0.2, 0.25) is 5.91 Å². The predicted molar refractivity (Wildman–Crippen MR) is 104 cm³/mol. The predicted octanol–water partition coefficient (Wildman–Crippen LogP) is 4.77. The quantitative estimate of drug-likeness (QED) is 0.681. The van der Waals surface area contributed by atoms with Gasteiger partial charge in [-0.2, -0.15) is 0 Å². The number of nitrogens with one attached hydrogen (secondary N) is 1. The van der Waals surface area contributed by atoms with Gasteiger partial charge >= 0.3 is 0 Å². The fourth-order valence-electron chi connectivity index (χ4n) is 2.84. The Bertz CT molecular complexity index is 695. The molecule has 0 heterocycles. The van der Waals surface area contributed by atoms with E-state index in [2.05, 4.69) is 12.2 Å². The summed E-state index contributed by atoms with van der Waals surface area (Å²) in [6, 6.07) is 15.1. The van der Waals surface area contributed by atoms with E-state index in [9.17, 15) is 9.90 Å². The van der Waals surface area contributed by atoms with Crippen LogP contribution in [0.1, 0.15) is 57.1 Å². The lowest BCUT2D eigenvalue weighted by Gasteiger charge is -2.15. The summed E-state index contributed by atoms with van der Waals surface area (Å²) in [4.78, 5) is 12.1. The second-order valence-electron chi connectivity index (χ2n) is 6.94. The van der Waals surface area contributed by atoms with E-state index >= 15 is 0 Å². The number of phenols is 1. The molecule has 0 spiro atoms. The van der Waals surface area contributed by atoms with Gasteiger partial charge in [0.15, 0.2) is 0 Å². The maximum Gasteiger partial charge on any atom is 0.220 e. The Hall–Kier alpha value is -2.49. The molecule has 0 saturated heterocycles. The minimum absolute atomic E-state index is 0.0576. The fraction of sp³-hybridized carbons (Fsp3) is 0.409. The number of carbonyl (C=O) groups excluding carboxylic acids is 1. The Balaban J connectivity index is 1.75. The van der Waals surface area contributed by atoms with Crippen molar-refractivity contribution >= 4 is 5.91 Å². The number of carbonyl (C=O) groups is 1. The SMILES string of the molecule is CC(C)Oc1ccccc1CNC(=O)CCCC(C)c1ccc(O)cc1. The zero-order valence-electron chi connectivity index (χ0n) is 15.9. The van der Waals surface area contributed by atoms with Crippen molar-refractivity contribution in [3.05, 3.63) is 59.7 Å². The molecule has 1 atom stereocenters. The zero-order valence-corrected chi connectivity index (χ0v) is 15.9. The molecule has 0 radical (unpaired) electrons. The maximum absolute atomic E-state index is 12.1. The first-order valence-electron chi connectivity index (χ1n) is 9.26. The van der Waals surface area contributed by atoms with Crippen molar-refractivity contribution in [2.75, 3.05) is 0 Å². The van der Waals surface area contributed by atoms with Crippen LogP contribution in [0.15, 0.2) is 48.5 Å². The van der Waals surface area contributed by atoms with Crippen LogP contribution in [-0.4, -0.2) is 17.1 Å². The van der Waals surface area contributed by atoms with Gasteiger partial charge in [-0.05, 0) is 56.4 Å². The molecular weight excluding hydrogens is 326 g/mol. The number of benzene rings is 2. The molecule has 0 fully saturated rings. The molecule has 0 saturated carbocycles. The van der Waals surface area contributed by atoms with Crippen LogP contribution >= 0.6 is 0 Å². The maximum atomic E-state index is 12.1. The summed E-state index contributed by atoms with van der Waals surface area (Å²) in [5.74, 6) is 1.52. The molecule has 2 aromatic carbocycles. The van der Waals surface area contributed by atoms with Crippen molar-refractivity contribution < 1.29 is 14.6 Å². The second kappa shape index (κ2) is 9.85. The van der Waals surface area contributed by atoms with E-state index < -0.39 is 0 Å². The number of phenolic OH excluding ortho intramolecular Hbond substituents is 1. The number of ether oxygens (including phenoxy) is 1. The first-order chi connectivity index (χ1) is 12.5. The summed E-state index contributed by atoms with van der Waals surface area (Å²) in [5, 5.41) is 12.3. The van der Waals surface area contributed by atoms with E-state index in [0.717, 1.165) is 24.2 Å². The molecule has 0 bridgehead atoms. The summed E-state index contributed by atoms with van der Waals surface area (Å²) in [5.41, 5.74) is 2.18. The number of para-hydroxylation sites is 1. The molecule has 140 valence electrons. The third-order valence-corrected chi connectivity index (χ3v) is 4.31. The van der Waals surface area contributed by atoms with Crippen LogP contribution < -0.4 is 10.1 Å². The average Bonchev–Trinajstić information content (AvgIpc) is 2.61. The van der Waals surface area contributed by atoms with Gasteiger partial charge in [-0.3, -0.25) is 4.79 Å². The van der Waals surface area contributed by atoms with Crippen LogP contribution in [0.3, 0.4) is 0 Å². The van der Waals surface area contributed by atoms with E-state index in [0.29, 0.717) is 18.9 Å². The molecule has 1 amide bonds. The molecule has 4 heteroatoms. The van der Waals surface area contributed by atoms with Gasteiger partial charge < -0.3 is 15.2 Å². The molecule has 0 aromatic heterocycles. The van der Waals surface area contributed by atoms with E-state index in [1.165, 1.54) is 5.56 Å². The molecule has 2 rings (SSSR count). The van der Waals surface area contributed by atoms with Gasteiger partial charge in [-0.15, -0.1) is 0 Å². The Morgan fingerprint density at radius 2 is 1.77 bits per heavy atom. The normalized spacial score (nSPS) is 12.0. The van der Waals surface area contributed by atoms with E-state index in [4.69, 9.17) is 4.74 Å². The number of amides is 1. The molecule has 0 aliphatic rings. The smallest absolute Gasteiger partial charge is 0.220 e. The van der Waals surface area contributed by atoms with Crippen LogP contribution in [0, 0.1) is 0 Å². The summed E-state index contributed by atoms with van der Waals surface area (Å²) < 4.78 is 5.78. The van der Waals surface area contributed by atoms with Crippen LogP contribution in [0.25, 0.3) is 0 Å². The highest BCUT2D eigenvalue weighted by atomic mass is 16.5. The largest absolute Gasteiger partial charge is 0.508 e. The van der Waals surface area contributed by atoms with Crippen LogP contribution in [0.5, 0.6) is 11.5 Å². The standard InChI is InChI=1S/C22H29NO3/c1-16(2)26-21-9-5-4-8-19(21)15-23-22(25)10-6-7-17(3)18-11-13-20(24)14-12-18/h4-5,8-9,11-14,16-17,24H,6-7,10,15H2,1-3H3,(H,23,25). The van der Waals surface area contributed by atoms with E-state index in [-0.39, 0.29) is 17.8 Å². The minimum atomic E-state index is 0.0576. The minimum Gasteiger partial charge on any atom is -0.508 e. The summed E-state index contributed by atoms with van der Waals surface area (Å²) in [6.45, 7) is 6.61. The Labute approximate surface area is 156 Å². The molecule has 26 heavy (non-hydrogen) atoms. The highest BCUT2D eigenvalue weighted by molar-refractivity contribution is 5.75. The first kappa shape index (κ1) is 19.8. The van der Waals surface area contributed by atoms with Gasteiger partial charge in [-0.25, -0.2) is 0 Å². The van der Waals surface area contributed by atoms with E-state index in [1.54, 1.807) is 12.1 Å². The molecule has 4 nitrogen and oxygen atoms in total. The molecule has 0 aliphatic heterocycles. The monoisotopic (exact) mass is 355 g/mol.